The van der Waals surface area contributed by atoms with E-state index in [1.165, 1.54) is 0 Å². The van der Waals surface area contributed by atoms with Gasteiger partial charge in [0.1, 0.15) is 6.33 Å². The second-order valence-corrected chi connectivity index (χ2v) is 6.41. The first-order valence-electron chi connectivity index (χ1n) is 7.17. The van der Waals surface area contributed by atoms with Crippen molar-refractivity contribution in [3.8, 4) is 0 Å². The van der Waals surface area contributed by atoms with Crippen molar-refractivity contribution < 1.29 is 4.79 Å². The standard InChI is InChI=1S/C15H18N4OS/c1-11-18-13(9-21-11)7-15(20)19-6-2-3-12(8-19)14-4-5-16-10-17-14/h4-5,9-10,12H,2-3,6-8H2,1H3/t12-/m1/s1. The second-order valence-electron chi connectivity index (χ2n) is 5.35. The van der Waals surface area contributed by atoms with Gasteiger partial charge in [-0.3, -0.25) is 4.79 Å². The Hall–Kier alpha value is -1.82. The first-order valence-corrected chi connectivity index (χ1v) is 8.05. The predicted molar refractivity (Wildman–Crippen MR) is 81.1 cm³/mol. The Morgan fingerprint density at radius 1 is 1.52 bits per heavy atom. The van der Waals surface area contributed by atoms with E-state index in [2.05, 4.69) is 15.0 Å². The van der Waals surface area contributed by atoms with Gasteiger partial charge in [-0.25, -0.2) is 15.0 Å². The summed E-state index contributed by atoms with van der Waals surface area (Å²) in [5.74, 6) is 0.488. The fourth-order valence-electron chi connectivity index (χ4n) is 2.74. The maximum absolute atomic E-state index is 12.4. The molecule has 0 aromatic carbocycles. The van der Waals surface area contributed by atoms with Crippen LogP contribution < -0.4 is 0 Å². The molecule has 110 valence electrons. The topological polar surface area (TPSA) is 59.0 Å². The van der Waals surface area contributed by atoms with Gasteiger partial charge in [0.05, 0.1) is 17.1 Å². The monoisotopic (exact) mass is 302 g/mol. The molecule has 21 heavy (non-hydrogen) atoms. The largest absolute Gasteiger partial charge is 0.342 e. The maximum Gasteiger partial charge on any atom is 0.228 e. The lowest BCUT2D eigenvalue weighted by Gasteiger charge is -2.32. The van der Waals surface area contributed by atoms with Crippen LogP contribution in [0.5, 0.6) is 0 Å². The van der Waals surface area contributed by atoms with Crippen LogP contribution in [0.4, 0.5) is 0 Å². The third-order valence-electron chi connectivity index (χ3n) is 3.80. The minimum atomic E-state index is 0.166. The summed E-state index contributed by atoms with van der Waals surface area (Å²) in [6.07, 6.45) is 5.85. The molecule has 0 spiro atoms. The van der Waals surface area contributed by atoms with E-state index in [9.17, 15) is 4.79 Å². The molecule has 2 aromatic rings. The molecule has 1 fully saturated rings. The number of piperidine rings is 1. The van der Waals surface area contributed by atoms with E-state index >= 15 is 0 Å². The molecule has 1 aliphatic rings. The summed E-state index contributed by atoms with van der Waals surface area (Å²) in [6, 6.07) is 1.95. The summed E-state index contributed by atoms with van der Waals surface area (Å²) >= 11 is 1.59. The molecule has 0 radical (unpaired) electrons. The zero-order valence-electron chi connectivity index (χ0n) is 12.0. The number of thiazole rings is 1. The minimum Gasteiger partial charge on any atom is -0.342 e. The minimum absolute atomic E-state index is 0.166. The number of likely N-dealkylation sites (tertiary alicyclic amines) is 1. The van der Waals surface area contributed by atoms with E-state index in [0.29, 0.717) is 12.3 Å². The normalized spacial score (nSPS) is 18.7. The summed E-state index contributed by atoms with van der Waals surface area (Å²) in [4.78, 5) is 27.0. The molecule has 1 aliphatic heterocycles. The zero-order chi connectivity index (χ0) is 14.7. The van der Waals surface area contributed by atoms with E-state index in [1.54, 1.807) is 23.9 Å². The molecular weight excluding hydrogens is 284 g/mol. The fourth-order valence-corrected chi connectivity index (χ4v) is 3.36. The Morgan fingerprint density at radius 3 is 3.14 bits per heavy atom. The van der Waals surface area contributed by atoms with Gasteiger partial charge in [0.2, 0.25) is 5.91 Å². The van der Waals surface area contributed by atoms with Crippen molar-refractivity contribution in [1.29, 1.82) is 0 Å². The lowest BCUT2D eigenvalue weighted by Crippen LogP contribution is -2.40. The number of hydrogen-bond acceptors (Lipinski definition) is 5. The molecule has 6 heteroatoms. The van der Waals surface area contributed by atoms with E-state index < -0.39 is 0 Å². The molecule has 2 aromatic heterocycles. The molecule has 3 rings (SSSR count). The Labute approximate surface area is 128 Å². The van der Waals surface area contributed by atoms with Gasteiger partial charge in [-0.15, -0.1) is 11.3 Å². The predicted octanol–water partition coefficient (Wildman–Crippen LogP) is 2.19. The molecule has 1 saturated heterocycles. The number of carbonyl (C=O) groups is 1. The van der Waals surface area contributed by atoms with Crippen molar-refractivity contribution in [2.75, 3.05) is 13.1 Å². The highest BCUT2D eigenvalue weighted by Crippen LogP contribution is 2.25. The molecule has 1 atom stereocenters. The Balaban J connectivity index is 1.64. The highest BCUT2D eigenvalue weighted by atomic mass is 32.1. The summed E-state index contributed by atoms with van der Waals surface area (Å²) in [5.41, 5.74) is 1.92. The maximum atomic E-state index is 12.4. The van der Waals surface area contributed by atoms with Crippen molar-refractivity contribution in [2.24, 2.45) is 0 Å². The highest BCUT2D eigenvalue weighted by Gasteiger charge is 2.25. The van der Waals surface area contributed by atoms with Crippen LogP contribution in [0, 0.1) is 6.92 Å². The van der Waals surface area contributed by atoms with Crippen molar-refractivity contribution >= 4 is 17.2 Å². The molecule has 0 aliphatic carbocycles. The lowest BCUT2D eigenvalue weighted by atomic mass is 9.94. The number of amides is 1. The average Bonchev–Trinajstić information content (AvgIpc) is 2.93. The number of nitrogens with zero attached hydrogens (tertiary/aromatic N) is 4. The quantitative estimate of drug-likeness (QED) is 0.872. The van der Waals surface area contributed by atoms with Crippen LogP contribution in [-0.2, 0) is 11.2 Å². The van der Waals surface area contributed by atoms with E-state index in [1.807, 2.05) is 23.3 Å². The van der Waals surface area contributed by atoms with Gasteiger partial charge in [-0.1, -0.05) is 0 Å². The third-order valence-corrected chi connectivity index (χ3v) is 4.62. The summed E-state index contributed by atoms with van der Waals surface area (Å²) in [6.45, 7) is 3.55. The summed E-state index contributed by atoms with van der Waals surface area (Å²) < 4.78 is 0. The van der Waals surface area contributed by atoms with Crippen LogP contribution in [0.3, 0.4) is 0 Å². The molecule has 0 unspecified atom stereocenters. The van der Waals surface area contributed by atoms with Gasteiger partial charge >= 0.3 is 0 Å². The van der Waals surface area contributed by atoms with Crippen molar-refractivity contribution in [3.63, 3.8) is 0 Å². The smallest absolute Gasteiger partial charge is 0.228 e. The van der Waals surface area contributed by atoms with Gasteiger partial charge in [-0.05, 0) is 25.8 Å². The first kappa shape index (κ1) is 14.1. The van der Waals surface area contributed by atoms with Crippen LogP contribution in [-0.4, -0.2) is 38.8 Å². The Morgan fingerprint density at radius 2 is 2.43 bits per heavy atom. The van der Waals surface area contributed by atoms with Gasteiger partial charge in [0.15, 0.2) is 0 Å². The molecule has 0 N–H and O–H groups in total. The summed E-state index contributed by atoms with van der Waals surface area (Å²) in [5, 5.41) is 2.98. The molecule has 1 amide bonds. The van der Waals surface area contributed by atoms with Gasteiger partial charge in [0, 0.05) is 36.3 Å². The molecule has 0 bridgehead atoms. The number of carbonyl (C=O) groups excluding carboxylic acids is 1. The van der Waals surface area contributed by atoms with Crippen molar-refractivity contribution in [3.05, 3.63) is 40.4 Å². The van der Waals surface area contributed by atoms with Crippen LogP contribution in [0.1, 0.15) is 35.2 Å². The molecule has 5 nitrogen and oxygen atoms in total. The van der Waals surface area contributed by atoms with Crippen molar-refractivity contribution in [1.82, 2.24) is 19.9 Å². The van der Waals surface area contributed by atoms with E-state index in [-0.39, 0.29) is 5.91 Å². The average molecular weight is 302 g/mol. The number of rotatable bonds is 3. The summed E-state index contributed by atoms with van der Waals surface area (Å²) in [7, 11) is 0. The Bertz CT molecular complexity index is 613. The molecule has 3 heterocycles. The lowest BCUT2D eigenvalue weighted by molar-refractivity contribution is -0.131. The first-order chi connectivity index (χ1) is 10.2. The highest BCUT2D eigenvalue weighted by molar-refractivity contribution is 7.09. The number of aromatic nitrogens is 3. The van der Waals surface area contributed by atoms with E-state index in [0.717, 1.165) is 42.3 Å². The van der Waals surface area contributed by atoms with Crippen molar-refractivity contribution in [2.45, 2.75) is 32.1 Å². The Kier molecular flexibility index (Phi) is 4.24. The van der Waals surface area contributed by atoms with Crippen LogP contribution in [0.15, 0.2) is 24.0 Å². The second kappa shape index (κ2) is 6.30. The fraction of sp³-hybridized carbons (Fsp3) is 0.467. The third kappa shape index (κ3) is 3.44. The van der Waals surface area contributed by atoms with Crippen LogP contribution in [0.2, 0.25) is 0 Å². The SMILES string of the molecule is Cc1nc(CC(=O)N2CCC[C@@H](c3ccncn3)C2)cs1. The number of hydrogen-bond donors (Lipinski definition) is 0. The van der Waals surface area contributed by atoms with Gasteiger partial charge < -0.3 is 4.90 Å². The van der Waals surface area contributed by atoms with Crippen LogP contribution in [0.25, 0.3) is 0 Å². The van der Waals surface area contributed by atoms with E-state index in [4.69, 9.17) is 0 Å². The van der Waals surface area contributed by atoms with Gasteiger partial charge in [0.25, 0.3) is 0 Å². The number of aryl methyl sites for hydroxylation is 1. The zero-order valence-corrected chi connectivity index (χ0v) is 12.8. The molecular formula is C15H18N4OS. The molecule has 0 saturated carbocycles. The van der Waals surface area contributed by atoms with Gasteiger partial charge in [-0.2, -0.15) is 0 Å². The van der Waals surface area contributed by atoms with Crippen LogP contribution >= 0.6 is 11.3 Å².